The first kappa shape index (κ1) is 16.2. The van der Waals surface area contributed by atoms with Crippen molar-refractivity contribution in [2.45, 2.75) is 30.8 Å². The van der Waals surface area contributed by atoms with Gasteiger partial charge in [-0.3, -0.25) is 0 Å². The summed E-state index contributed by atoms with van der Waals surface area (Å²) in [5.74, 6) is 0. The molecule has 2 aromatic rings. The van der Waals surface area contributed by atoms with Crippen LogP contribution in [0.2, 0.25) is 0 Å². The molecule has 22 heavy (non-hydrogen) atoms. The van der Waals surface area contributed by atoms with Gasteiger partial charge in [0.25, 0.3) is 5.16 Å². The molecule has 0 atom stereocenters. The zero-order valence-corrected chi connectivity index (χ0v) is 13.5. The quantitative estimate of drug-likeness (QED) is 0.856. The molecular formula is C14H18N4O3S. The van der Waals surface area contributed by atoms with Crippen molar-refractivity contribution < 1.29 is 13.2 Å². The van der Waals surface area contributed by atoms with Gasteiger partial charge in [0, 0.05) is 13.1 Å². The Morgan fingerprint density at radius 2 is 1.95 bits per heavy atom. The van der Waals surface area contributed by atoms with Gasteiger partial charge in [-0.05, 0) is 38.5 Å². The monoisotopic (exact) mass is 322 g/mol. The average Bonchev–Trinajstić information content (AvgIpc) is 2.99. The van der Waals surface area contributed by atoms with Crippen LogP contribution in [0.5, 0.6) is 0 Å². The fourth-order valence-corrected chi connectivity index (χ4v) is 3.18. The third-order valence-electron chi connectivity index (χ3n) is 3.24. The van der Waals surface area contributed by atoms with Crippen molar-refractivity contribution in [3.63, 3.8) is 0 Å². The van der Waals surface area contributed by atoms with Crippen LogP contribution in [0, 0.1) is 6.92 Å². The summed E-state index contributed by atoms with van der Waals surface area (Å²) in [6.45, 7) is 6.49. The third kappa shape index (κ3) is 3.01. The molecule has 1 amide bonds. The van der Waals surface area contributed by atoms with E-state index in [-0.39, 0.29) is 10.1 Å². The Labute approximate surface area is 129 Å². The van der Waals surface area contributed by atoms with E-state index in [0.29, 0.717) is 13.1 Å². The van der Waals surface area contributed by atoms with Crippen molar-refractivity contribution in [3.8, 4) is 0 Å². The molecule has 0 aliphatic carbocycles. The summed E-state index contributed by atoms with van der Waals surface area (Å²) in [5, 5.41) is 3.45. The molecule has 0 bridgehead atoms. The van der Waals surface area contributed by atoms with Crippen molar-refractivity contribution in [3.05, 3.63) is 36.2 Å². The molecule has 0 unspecified atom stereocenters. The molecule has 0 saturated heterocycles. The highest BCUT2D eigenvalue weighted by molar-refractivity contribution is 7.91. The summed E-state index contributed by atoms with van der Waals surface area (Å²) >= 11 is 0. The molecule has 0 radical (unpaired) electrons. The molecule has 8 heteroatoms. The Bertz CT molecular complexity index is 779. The van der Waals surface area contributed by atoms with Crippen molar-refractivity contribution in [1.82, 2.24) is 19.7 Å². The van der Waals surface area contributed by atoms with E-state index in [1.54, 1.807) is 25.1 Å². The maximum atomic E-state index is 12.5. The minimum atomic E-state index is -3.83. The molecule has 0 aliphatic rings. The van der Waals surface area contributed by atoms with Gasteiger partial charge < -0.3 is 4.90 Å². The zero-order chi connectivity index (χ0) is 16.3. The van der Waals surface area contributed by atoms with Crippen molar-refractivity contribution in [2.24, 2.45) is 0 Å². The first-order valence-corrected chi connectivity index (χ1v) is 8.41. The van der Waals surface area contributed by atoms with Gasteiger partial charge >= 0.3 is 6.03 Å². The standard InChI is InChI=1S/C14H18N4O3S/c1-4-17(5-2)14(19)18-10-15-13(16-18)22(20,21)12-8-6-7-11(3)9-12/h6-10H,4-5H2,1-3H3. The molecule has 0 spiro atoms. The largest absolute Gasteiger partial charge is 0.346 e. The average molecular weight is 322 g/mol. The summed E-state index contributed by atoms with van der Waals surface area (Å²) in [7, 11) is -3.83. The first-order chi connectivity index (χ1) is 10.4. The number of carbonyl (C=O) groups is 1. The fraction of sp³-hybridized carbons (Fsp3) is 0.357. The van der Waals surface area contributed by atoms with E-state index < -0.39 is 15.9 Å². The summed E-state index contributed by atoms with van der Waals surface area (Å²) in [6, 6.07) is 6.08. The van der Waals surface area contributed by atoms with E-state index in [9.17, 15) is 13.2 Å². The summed E-state index contributed by atoms with van der Waals surface area (Å²) in [5.41, 5.74) is 0.819. The van der Waals surface area contributed by atoms with Crippen molar-refractivity contribution in [1.29, 1.82) is 0 Å². The Balaban J connectivity index is 2.37. The SMILES string of the molecule is CCN(CC)C(=O)n1cnc(S(=O)(=O)c2cccc(C)c2)n1. The highest BCUT2D eigenvalue weighted by Crippen LogP contribution is 2.18. The normalized spacial score (nSPS) is 11.4. The van der Waals surface area contributed by atoms with Gasteiger partial charge in [-0.1, -0.05) is 12.1 Å². The van der Waals surface area contributed by atoms with Gasteiger partial charge in [0.05, 0.1) is 4.90 Å². The molecule has 0 N–H and O–H groups in total. The van der Waals surface area contributed by atoms with E-state index >= 15 is 0 Å². The van der Waals surface area contributed by atoms with Gasteiger partial charge in [0.15, 0.2) is 0 Å². The number of carbonyl (C=O) groups excluding carboxylic acids is 1. The highest BCUT2D eigenvalue weighted by Gasteiger charge is 2.24. The van der Waals surface area contributed by atoms with E-state index in [0.717, 1.165) is 16.6 Å². The lowest BCUT2D eigenvalue weighted by molar-refractivity contribution is 0.201. The number of nitrogens with zero attached hydrogens (tertiary/aromatic N) is 4. The Hall–Kier alpha value is -2.22. The molecule has 1 aromatic heterocycles. The summed E-state index contributed by atoms with van der Waals surface area (Å²) < 4.78 is 25.9. The molecule has 2 rings (SSSR count). The van der Waals surface area contributed by atoms with E-state index in [2.05, 4.69) is 10.1 Å². The number of hydrogen-bond donors (Lipinski definition) is 0. The minimum absolute atomic E-state index is 0.112. The van der Waals surface area contributed by atoms with E-state index in [1.165, 1.54) is 11.0 Å². The number of sulfone groups is 1. The van der Waals surface area contributed by atoms with Crippen LogP contribution in [0.3, 0.4) is 0 Å². The number of benzene rings is 1. The lowest BCUT2D eigenvalue weighted by atomic mass is 10.2. The molecule has 1 aromatic carbocycles. The number of rotatable bonds is 4. The van der Waals surface area contributed by atoms with E-state index in [4.69, 9.17) is 0 Å². The molecule has 7 nitrogen and oxygen atoms in total. The number of amides is 1. The topological polar surface area (TPSA) is 85.2 Å². The Kier molecular flexibility index (Phi) is 4.60. The third-order valence-corrected chi connectivity index (χ3v) is 4.78. The van der Waals surface area contributed by atoms with Crippen LogP contribution < -0.4 is 0 Å². The minimum Gasteiger partial charge on any atom is -0.323 e. The van der Waals surface area contributed by atoms with Gasteiger partial charge in [-0.15, -0.1) is 5.10 Å². The molecule has 118 valence electrons. The fourth-order valence-electron chi connectivity index (χ4n) is 1.99. The van der Waals surface area contributed by atoms with Gasteiger partial charge in [-0.2, -0.15) is 4.68 Å². The number of hydrogen-bond acceptors (Lipinski definition) is 5. The second-order valence-corrected chi connectivity index (χ2v) is 6.59. The van der Waals surface area contributed by atoms with Crippen LogP contribution in [-0.4, -0.2) is 47.2 Å². The zero-order valence-electron chi connectivity index (χ0n) is 12.7. The van der Waals surface area contributed by atoms with Gasteiger partial charge in [-0.25, -0.2) is 18.2 Å². The Morgan fingerprint density at radius 1 is 1.27 bits per heavy atom. The summed E-state index contributed by atoms with van der Waals surface area (Å²) in [6.07, 6.45) is 1.13. The first-order valence-electron chi connectivity index (χ1n) is 6.92. The predicted octanol–water partition coefficient (Wildman–Crippen LogP) is 1.73. The van der Waals surface area contributed by atoms with Crippen LogP contribution in [0.4, 0.5) is 4.79 Å². The molecule has 0 aliphatic heterocycles. The maximum absolute atomic E-state index is 12.5. The highest BCUT2D eigenvalue weighted by atomic mass is 32.2. The van der Waals surface area contributed by atoms with Crippen LogP contribution in [0.25, 0.3) is 0 Å². The second kappa shape index (κ2) is 6.27. The molecule has 0 fully saturated rings. The van der Waals surface area contributed by atoms with Gasteiger partial charge in [0.2, 0.25) is 9.84 Å². The van der Waals surface area contributed by atoms with Gasteiger partial charge in [0.1, 0.15) is 6.33 Å². The molecule has 0 saturated carbocycles. The maximum Gasteiger partial charge on any atom is 0.346 e. The molecular weight excluding hydrogens is 304 g/mol. The summed E-state index contributed by atoms with van der Waals surface area (Å²) in [4.78, 5) is 17.5. The van der Waals surface area contributed by atoms with Crippen LogP contribution >= 0.6 is 0 Å². The van der Waals surface area contributed by atoms with Crippen molar-refractivity contribution >= 4 is 15.9 Å². The van der Waals surface area contributed by atoms with Crippen LogP contribution in [0.15, 0.2) is 40.6 Å². The van der Waals surface area contributed by atoms with Crippen molar-refractivity contribution in [2.75, 3.05) is 13.1 Å². The Morgan fingerprint density at radius 3 is 2.55 bits per heavy atom. The lowest BCUT2D eigenvalue weighted by Crippen LogP contribution is -2.34. The smallest absolute Gasteiger partial charge is 0.323 e. The van der Waals surface area contributed by atoms with Crippen LogP contribution in [0.1, 0.15) is 19.4 Å². The second-order valence-electron chi connectivity index (χ2n) is 4.75. The number of aromatic nitrogens is 3. The lowest BCUT2D eigenvalue weighted by Gasteiger charge is -2.17. The van der Waals surface area contributed by atoms with Crippen LogP contribution in [-0.2, 0) is 9.84 Å². The van der Waals surface area contributed by atoms with E-state index in [1.807, 2.05) is 13.8 Å². The number of aryl methyl sites for hydroxylation is 1. The molecule has 1 heterocycles. The predicted molar refractivity (Wildman–Crippen MR) is 80.4 cm³/mol.